The molecular weight excluding hydrogens is 212 g/mol. The Labute approximate surface area is 104 Å². The molecule has 1 heterocycles. The summed E-state index contributed by atoms with van der Waals surface area (Å²) in [6, 6.07) is 0.854. The summed E-state index contributed by atoms with van der Waals surface area (Å²) < 4.78 is 1.99. The van der Waals surface area contributed by atoms with Crippen molar-refractivity contribution < 1.29 is 0 Å². The minimum atomic E-state index is 0.268. The fraction of sp³-hybridized carbons (Fsp3) is 0.846. The number of rotatable bonds is 3. The summed E-state index contributed by atoms with van der Waals surface area (Å²) in [4.78, 5) is 0. The standard InChI is InChI=1S/C13H24N4/c1-10(12-16-14-9-17(12)4)15-11-7-5-6-8-13(11,2)3/h9-11,15H,5-8H2,1-4H3. The van der Waals surface area contributed by atoms with Gasteiger partial charge in [-0.05, 0) is 25.2 Å². The molecule has 4 heteroatoms. The number of hydrogen-bond acceptors (Lipinski definition) is 3. The van der Waals surface area contributed by atoms with E-state index in [9.17, 15) is 0 Å². The molecule has 0 aliphatic heterocycles. The molecule has 1 aliphatic rings. The van der Waals surface area contributed by atoms with E-state index in [1.807, 2.05) is 11.6 Å². The van der Waals surface area contributed by atoms with Crippen LogP contribution in [0.25, 0.3) is 0 Å². The van der Waals surface area contributed by atoms with Gasteiger partial charge in [-0.3, -0.25) is 0 Å². The van der Waals surface area contributed by atoms with Crippen molar-refractivity contribution in [3.05, 3.63) is 12.2 Å². The number of nitrogens with zero attached hydrogens (tertiary/aromatic N) is 3. The smallest absolute Gasteiger partial charge is 0.149 e. The van der Waals surface area contributed by atoms with E-state index in [-0.39, 0.29) is 6.04 Å². The summed E-state index contributed by atoms with van der Waals surface area (Å²) in [7, 11) is 2.00. The zero-order valence-corrected chi connectivity index (χ0v) is 11.4. The molecule has 1 saturated carbocycles. The molecule has 4 nitrogen and oxygen atoms in total. The topological polar surface area (TPSA) is 42.7 Å². The van der Waals surface area contributed by atoms with Gasteiger partial charge >= 0.3 is 0 Å². The van der Waals surface area contributed by atoms with Gasteiger partial charge in [0.15, 0.2) is 0 Å². The Balaban J connectivity index is 2.03. The SMILES string of the molecule is CC(NC1CCCCC1(C)C)c1nncn1C. The minimum Gasteiger partial charge on any atom is -0.319 e. The average molecular weight is 236 g/mol. The van der Waals surface area contributed by atoms with Gasteiger partial charge in [0.2, 0.25) is 0 Å². The largest absolute Gasteiger partial charge is 0.319 e. The maximum atomic E-state index is 4.18. The van der Waals surface area contributed by atoms with Crippen molar-refractivity contribution in [2.24, 2.45) is 12.5 Å². The molecule has 1 N–H and O–H groups in total. The molecule has 0 saturated heterocycles. The van der Waals surface area contributed by atoms with Crippen molar-refractivity contribution in [1.82, 2.24) is 20.1 Å². The van der Waals surface area contributed by atoms with E-state index in [2.05, 4.69) is 36.3 Å². The van der Waals surface area contributed by atoms with Gasteiger partial charge < -0.3 is 9.88 Å². The lowest BCUT2D eigenvalue weighted by Crippen LogP contribution is -2.45. The van der Waals surface area contributed by atoms with E-state index < -0.39 is 0 Å². The maximum absolute atomic E-state index is 4.18. The second-order valence-electron chi connectivity index (χ2n) is 5.98. The van der Waals surface area contributed by atoms with Crippen LogP contribution in [-0.4, -0.2) is 20.8 Å². The van der Waals surface area contributed by atoms with Crippen LogP contribution in [0.2, 0.25) is 0 Å². The Morgan fingerprint density at radius 2 is 2.24 bits per heavy atom. The summed E-state index contributed by atoms with van der Waals surface area (Å²) in [5.74, 6) is 1.02. The van der Waals surface area contributed by atoms with Gasteiger partial charge in [-0.1, -0.05) is 26.7 Å². The van der Waals surface area contributed by atoms with Gasteiger partial charge in [0.1, 0.15) is 12.2 Å². The van der Waals surface area contributed by atoms with E-state index in [1.165, 1.54) is 25.7 Å². The van der Waals surface area contributed by atoms with Gasteiger partial charge in [0.25, 0.3) is 0 Å². The van der Waals surface area contributed by atoms with Gasteiger partial charge in [0.05, 0.1) is 6.04 Å². The normalized spacial score (nSPS) is 25.8. The van der Waals surface area contributed by atoms with Crippen LogP contribution in [0.3, 0.4) is 0 Å². The van der Waals surface area contributed by atoms with Crippen LogP contribution in [0.4, 0.5) is 0 Å². The van der Waals surface area contributed by atoms with E-state index in [1.54, 1.807) is 6.33 Å². The zero-order chi connectivity index (χ0) is 12.5. The summed E-state index contributed by atoms with van der Waals surface area (Å²) in [6.45, 7) is 6.91. The van der Waals surface area contributed by atoms with Crippen molar-refractivity contribution in [2.45, 2.75) is 58.5 Å². The second-order valence-corrected chi connectivity index (χ2v) is 5.98. The van der Waals surface area contributed by atoms with Crippen molar-refractivity contribution >= 4 is 0 Å². The predicted octanol–water partition coefficient (Wildman–Crippen LogP) is 2.43. The summed E-state index contributed by atoms with van der Waals surface area (Å²) in [6.07, 6.45) is 7.06. The Bertz CT molecular complexity index is 369. The summed E-state index contributed by atoms with van der Waals surface area (Å²) in [5, 5.41) is 11.9. The molecule has 1 aromatic heterocycles. The van der Waals surface area contributed by atoms with E-state index >= 15 is 0 Å². The number of nitrogens with one attached hydrogen (secondary N) is 1. The Kier molecular flexibility index (Phi) is 3.52. The molecule has 17 heavy (non-hydrogen) atoms. The third kappa shape index (κ3) is 2.68. The van der Waals surface area contributed by atoms with Crippen LogP contribution >= 0.6 is 0 Å². The first-order chi connectivity index (χ1) is 8.00. The van der Waals surface area contributed by atoms with Crippen LogP contribution in [0, 0.1) is 5.41 Å². The fourth-order valence-corrected chi connectivity index (χ4v) is 2.86. The highest BCUT2D eigenvalue weighted by Gasteiger charge is 2.33. The Morgan fingerprint density at radius 1 is 1.47 bits per heavy atom. The highest BCUT2D eigenvalue weighted by atomic mass is 15.3. The minimum absolute atomic E-state index is 0.268. The van der Waals surface area contributed by atoms with Crippen LogP contribution in [-0.2, 0) is 7.05 Å². The van der Waals surface area contributed by atoms with Gasteiger partial charge in [-0.15, -0.1) is 10.2 Å². The third-order valence-electron chi connectivity index (χ3n) is 4.09. The molecule has 2 rings (SSSR count). The third-order valence-corrected chi connectivity index (χ3v) is 4.09. The van der Waals surface area contributed by atoms with E-state index in [4.69, 9.17) is 0 Å². The molecule has 0 bridgehead atoms. The molecule has 0 radical (unpaired) electrons. The average Bonchev–Trinajstić information content (AvgIpc) is 2.67. The first kappa shape index (κ1) is 12.6. The first-order valence-corrected chi connectivity index (χ1v) is 6.60. The first-order valence-electron chi connectivity index (χ1n) is 6.60. The second kappa shape index (κ2) is 4.77. The summed E-state index contributed by atoms with van der Waals surface area (Å²) >= 11 is 0. The number of aryl methyl sites for hydroxylation is 1. The van der Waals surface area contributed by atoms with Crippen LogP contribution < -0.4 is 5.32 Å². The van der Waals surface area contributed by atoms with E-state index in [0.717, 1.165) is 5.82 Å². The predicted molar refractivity (Wildman–Crippen MR) is 68.6 cm³/mol. The molecule has 0 spiro atoms. The van der Waals surface area contributed by atoms with Crippen molar-refractivity contribution in [3.63, 3.8) is 0 Å². The lowest BCUT2D eigenvalue weighted by atomic mass is 9.73. The van der Waals surface area contributed by atoms with Crippen molar-refractivity contribution in [1.29, 1.82) is 0 Å². The molecular formula is C13H24N4. The molecule has 96 valence electrons. The maximum Gasteiger partial charge on any atom is 0.149 e. The molecule has 1 fully saturated rings. The van der Waals surface area contributed by atoms with Crippen LogP contribution in [0.5, 0.6) is 0 Å². The number of hydrogen-bond donors (Lipinski definition) is 1. The highest BCUT2D eigenvalue weighted by molar-refractivity contribution is 4.96. The molecule has 2 unspecified atom stereocenters. The number of aromatic nitrogens is 3. The quantitative estimate of drug-likeness (QED) is 0.876. The van der Waals surface area contributed by atoms with Crippen molar-refractivity contribution in [2.75, 3.05) is 0 Å². The Morgan fingerprint density at radius 3 is 2.82 bits per heavy atom. The van der Waals surface area contributed by atoms with Gasteiger partial charge in [-0.25, -0.2) is 0 Å². The fourth-order valence-electron chi connectivity index (χ4n) is 2.86. The van der Waals surface area contributed by atoms with Gasteiger partial charge in [-0.2, -0.15) is 0 Å². The van der Waals surface area contributed by atoms with Crippen LogP contribution in [0.15, 0.2) is 6.33 Å². The molecule has 1 aliphatic carbocycles. The van der Waals surface area contributed by atoms with Crippen LogP contribution in [0.1, 0.15) is 58.3 Å². The molecule has 0 amide bonds. The monoisotopic (exact) mass is 236 g/mol. The highest BCUT2D eigenvalue weighted by Crippen LogP contribution is 2.36. The molecule has 2 atom stereocenters. The van der Waals surface area contributed by atoms with Crippen molar-refractivity contribution in [3.8, 4) is 0 Å². The Hall–Kier alpha value is -0.900. The lowest BCUT2D eigenvalue weighted by Gasteiger charge is -2.40. The molecule has 1 aromatic rings. The summed E-state index contributed by atoms with van der Waals surface area (Å²) in [5.41, 5.74) is 0.394. The van der Waals surface area contributed by atoms with Gasteiger partial charge in [0, 0.05) is 13.1 Å². The zero-order valence-electron chi connectivity index (χ0n) is 11.4. The lowest BCUT2D eigenvalue weighted by molar-refractivity contribution is 0.156. The molecule has 0 aromatic carbocycles. The van der Waals surface area contributed by atoms with E-state index in [0.29, 0.717) is 11.5 Å².